The highest BCUT2D eigenvalue weighted by atomic mass is 79.9. The van der Waals surface area contributed by atoms with Crippen molar-refractivity contribution in [3.05, 3.63) is 51.5 Å². The lowest BCUT2D eigenvalue weighted by Crippen LogP contribution is -2.49. The van der Waals surface area contributed by atoms with Crippen LogP contribution in [0, 0.1) is 12.7 Å². The molecule has 0 atom stereocenters. The van der Waals surface area contributed by atoms with Gasteiger partial charge in [-0.2, -0.15) is 18.3 Å². The molecular weight excluding hydrogens is 444 g/mol. The van der Waals surface area contributed by atoms with E-state index in [9.17, 15) is 22.4 Å². The van der Waals surface area contributed by atoms with Crippen LogP contribution >= 0.6 is 15.9 Å². The van der Waals surface area contributed by atoms with Gasteiger partial charge in [0, 0.05) is 32.7 Å². The van der Waals surface area contributed by atoms with Gasteiger partial charge >= 0.3 is 6.18 Å². The second-order valence-electron chi connectivity index (χ2n) is 6.69. The third-order valence-electron chi connectivity index (χ3n) is 4.73. The molecule has 1 aromatic heterocycles. The van der Waals surface area contributed by atoms with E-state index in [1.165, 1.54) is 19.1 Å². The maximum atomic E-state index is 13.0. The molecule has 1 saturated heterocycles. The zero-order chi connectivity index (χ0) is 20.5. The minimum Gasteiger partial charge on any atom is -0.339 e. The molecule has 5 nitrogen and oxygen atoms in total. The maximum absolute atomic E-state index is 13.0. The van der Waals surface area contributed by atoms with E-state index in [0.29, 0.717) is 32.7 Å². The molecule has 0 saturated carbocycles. The topological polar surface area (TPSA) is 41.4 Å². The average molecular weight is 463 g/mol. The summed E-state index contributed by atoms with van der Waals surface area (Å²) in [6.07, 6.45) is -4.58. The van der Waals surface area contributed by atoms with Crippen molar-refractivity contribution in [1.29, 1.82) is 0 Å². The van der Waals surface area contributed by atoms with Crippen molar-refractivity contribution >= 4 is 21.8 Å². The van der Waals surface area contributed by atoms with Crippen LogP contribution in [0.3, 0.4) is 0 Å². The number of carbonyl (C=O) groups is 1. The number of nitrogens with zero attached hydrogens (tertiary/aromatic N) is 4. The van der Waals surface area contributed by atoms with Crippen LogP contribution in [-0.2, 0) is 24.1 Å². The third-order valence-corrected chi connectivity index (χ3v) is 5.68. The predicted molar refractivity (Wildman–Crippen MR) is 97.9 cm³/mol. The summed E-state index contributed by atoms with van der Waals surface area (Å²) in [6.45, 7) is 4.14. The normalized spacial score (nSPS) is 15.9. The lowest BCUT2D eigenvalue weighted by molar-refractivity contribution is -0.142. The van der Waals surface area contributed by atoms with Crippen molar-refractivity contribution in [2.45, 2.75) is 26.2 Å². The quantitative estimate of drug-likeness (QED) is 0.653. The molecule has 0 unspecified atom stereocenters. The van der Waals surface area contributed by atoms with Crippen molar-refractivity contribution in [3.63, 3.8) is 0 Å². The molecule has 2 aromatic rings. The highest BCUT2D eigenvalue weighted by Gasteiger charge is 2.38. The van der Waals surface area contributed by atoms with Gasteiger partial charge in [0.2, 0.25) is 5.91 Å². The van der Waals surface area contributed by atoms with Crippen molar-refractivity contribution < 1.29 is 22.4 Å². The Morgan fingerprint density at radius 1 is 1.14 bits per heavy atom. The number of benzene rings is 1. The monoisotopic (exact) mass is 462 g/mol. The Balaban J connectivity index is 1.56. The van der Waals surface area contributed by atoms with Gasteiger partial charge in [0.15, 0.2) is 5.69 Å². The average Bonchev–Trinajstić information content (AvgIpc) is 2.93. The van der Waals surface area contributed by atoms with Gasteiger partial charge in [0.25, 0.3) is 0 Å². The number of halogens is 5. The van der Waals surface area contributed by atoms with E-state index in [0.717, 1.165) is 10.2 Å². The number of carbonyl (C=O) groups excluding carboxylic acids is 1. The molecule has 0 bridgehead atoms. The Morgan fingerprint density at radius 3 is 2.29 bits per heavy atom. The molecule has 0 spiro atoms. The van der Waals surface area contributed by atoms with Crippen LogP contribution in [0.4, 0.5) is 17.6 Å². The summed E-state index contributed by atoms with van der Waals surface area (Å²) in [5, 5.41) is 3.55. The van der Waals surface area contributed by atoms with Crippen molar-refractivity contribution in [1.82, 2.24) is 19.6 Å². The first-order valence-electron chi connectivity index (χ1n) is 8.70. The van der Waals surface area contributed by atoms with Crippen molar-refractivity contribution in [3.8, 4) is 0 Å². The van der Waals surface area contributed by atoms with Gasteiger partial charge in [-0.3, -0.25) is 14.4 Å². The Labute approximate surface area is 168 Å². The van der Waals surface area contributed by atoms with Gasteiger partial charge in [-0.1, -0.05) is 12.1 Å². The van der Waals surface area contributed by atoms with Gasteiger partial charge < -0.3 is 4.90 Å². The molecule has 28 heavy (non-hydrogen) atoms. The van der Waals surface area contributed by atoms with Crippen molar-refractivity contribution in [2.75, 3.05) is 26.2 Å². The minimum atomic E-state index is -4.58. The lowest BCUT2D eigenvalue weighted by atomic mass is 10.2. The van der Waals surface area contributed by atoms with Crippen LogP contribution < -0.4 is 0 Å². The molecule has 1 aliphatic heterocycles. The smallest absolute Gasteiger partial charge is 0.339 e. The van der Waals surface area contributed by atoms with Crippen LogP contribution in [0.15, 0.2) is 28.7 Å². The number of hydrogen-bond donors (Lipinski definition) is 0. The van der Waals surface area contributed by atoms with Crippen LogP contribution in [-0.4, -0.2) is 51.7 Å². The van der Waals surface area contributed by atoms with Crippen LogP contribution in [0.25, 0.3) is 0 Å². The third kappa shape index (κ3) is 4.72. The number of aromatic nitrogens is 2. The van der Waals surface area contributed by atoms with E-state index in [4.69, 9.17) is 0 Å². The summed E-state index contributed by atoms with van der Waals surface area (Å²) in [7, 11) is 0. The molecule has 3 rings (SSSR count). The summed E-state index contributed by atoms with van der Waals surface area (Å²) < 4.78 is 52.8. The fourth-order valence-corrected chi connectivity index (χ4v) is 3.60. The first kappa shape index (κ1) is 20.8. The second kappa shape index (κ2) is 8.20. The minimum absolute atomic E-state index is 0.142. The van der Waals surface area contributed by atoms with E-state index in [1.54, 1.807) is 17.0 Å². The Kier molecular flexibility index (Phi) is 6.09. The molecule has 2 heterocycles. The molecule has 1 aromatic carbocycles. The van der Waals surface area contributed by atoms with Crippen LogP contribution in [0.5, 0.6) is 0 Å². The fraction of sp³-hybridized carbons (Fsp3) is 0.444. The summed E-state index contributed by atoms with van der Waals surface area (Å²) in [4.78, 5) is 16.3. The SMILES string of the molecule is Cc1c(Br)c(C(F)(F)F)nn1CC(=O)N1CCN(Cc2ccc(F)cc2)CC1. The lowest BCUT2D eigenvalue weighted by Gasteiger charge is -2.34. The van der Waals surface area contributed by atoms with Gasteiger partial charge in [0.05, 0.1) is 10.2 Å². The molecule has 0 N–H and O–H groups in total. The largest absolute Gasteiger partial charge is 0.436 e. The van der Waals surface area contributed by atoms with Crippen LogP contribution in [0.1, 0.15) is 17.0 Å². The highest BCUT2D eigenvalue weighted by molar-refractivity contribution is 9.10. The van der Waals surface area contributed by atoms with Gasteiger partial charge in [-0.25, -0.2) is 4.39 Å². The van der Waals surface area contributed by atoms with Gasteiger partial charge in [-0.05, 0) is 40.5 Å². The molecule has 1 fully saturated rings. The summed E-state index contributed by atoms with van der Waals surface area (Å²) in [5.74, 6) is -0.554. The fourth-order valence-electron chi connectivity index (χ4n) is 3.09. The van der Waals surface area contributed by atoms with Gasteiger partial charge in [0.1, 0.15) is 12.4 Å². The Hall–Kier alpha value is -1.94. The second-order valence-corrected chi connectivity index (χ2v) is 7.48. The highest BCUT2D eigenvalue weighted by Crippen LogP contribution is 2.35. The molecule has 1 aliphatic rings. The molecule has 0 aliphatic carbocycles. The van der Waals surface area contributed by atoms with E-state index < -0.39 is 11.9 Å². The zero-order valence-corrected chi connectivity index (χ0v) is 16.7. The number of piperazine rings is 1. The van der Waals surface area contributed by atoms with Crippen molar-refractivity contribution in [2.24, 2.45) is 0 Å². The number of hydrogen-bond acceptors (Lipinski definition) is 3. The number of amides is 1. The van der Waals surface area contributed by atoms with E-state index in [2.05, 4.69) is 25.9 Å². The predicted octanol–water partition coefficient (Wildman–Crippen LogP) is 3.46. The maximum Gasteiger partial charge on any atom is 0.436 e. The van der Waals surface area contributed by atoms with Gasteiger partial charge in [-0.15, -0.1) is 0 Å². The zero-order valence-electron chi connectivity index (χ0n) is 15.1. The van der Waals surface area contributed by atoms with E-state index in [1.807, 2.05) is 0 Å². The standard InChI is InChI=1S/C18H19BrF4N4O/c1-12-16(19)17(18(21,22)23)24-27(12)11-15(28)26-8-6-25(7-9-26)10-13-2-4-14(20)5-3-13/h2-5H,6-11H2,1H3. The van der Waals surface area contributed by atoms with E-state index in [-0.39, 0.29) is 28.4 Å². The number of alkyl halides is 3. The summed E-state index contributed by atoms with van der Waals surface area (Å²) in [6, 6.07) is 6.27. The molecule has 1 amide bonds. The van der Waals surface area contributed by atoms with E-state index >= 15 is 0 Å². The summed E-state index contributed by atoms with van der Waals surface area (Å²) in [5.41, 5.74) is 0.218. The first-order chi connectivity index (χ1) is 13.1. The molecule has 152 valence electrons. The Bertz CT molecular complexity index is 843. The molecular formula is C18H19BrF4N4O. The molecule has 0 radical (unpaired) electrons. The molecule has 10 heteroatoms. The number of rotatable bonds is 4. The Morgan fingerprint density at radius 2 is 1.75 bits per heavy atom. The first-order valence-corrected chi connectivity index (χ1v) is 9.49. The van der Waals surface area contributed by atoms with Crippen LogP contribution in [0.2, 0.25) is 0 Å². The summed E-state index contributed by atoms with van der Waals surface area (Å²) >= 11 is 2.91.